The molecule has 20 heavy (non-hydrogen) atoms. The van der Waals surface area contributed by atoms with E-state index in [0.717, 1.165) is 12.5 Å². The molecule has 2 aromatic rings. The average molecular weight is 294 g/mol. The lowest BCUT2D eigenvalue weighted by molar-refractivity contribution is 0.602. The number of pyridine rings is 1. The number of halogens is 1. The largest absolute Gasteiger partial charge is 0.377 e. The predicted molar refractivity (Wildman–Crippen MR) is 75.8 cm³/mol. The van der Waals surface area contributed by atoms with E-state index in [1.807, 2.05) is 6.92 Å². The molecule has 0 aliphatic carbocycles. The minimum absolute atomic E-state index is 0.162. The monoisotopic (exact) mass is 294 g/mol. The normalized spacial score (nSPS) is 12.9. The van der Waals surface area contributed by atoms with Crippen LogP contribution >= 0.6 is 0 Å². The van der Waals surface area contributed by atoms with E-state index in [9.17, 15) is 12.8 Å². The summed E-state index contributed by atoms with van der Waals surface area (Å²) in [5.41, 5.74) is 1.35. The molecule has 0 spiro atoms. The minimum atomic E-state index is -3.24. The second-order valence-corrected chi connectivity index (χ2v) is 6.58. The van der Waals surface area contributed by atoms with Gasteiger partial charge in [-0.25, -0.2) is 12.8 Å². The van der Waals surface area contributed by atoms with Crippen molar-refractivity contribution in [3.63, 3.8) is 0 Å². The molecule has 0 saturated heterocycles. The topological polar surface area (TPSA) is 59.1 Å². The van der Waals surface area contributed by atoms with Gasteiger partial charge in [0.05, 0.1) is 22.8 Å². The molecule has 6 heteroatoms. The van der Waals surface area contributed by atoms with Crippen LogP contribution in [0.5, 0.6) is 0 Å². The zero-order valence-electron chi connectivity index (χ0n) is 11.2. The molecule has 1 heterocycles. The molecule has 0 aliphatic heterocycles. The summed E-state index contributed by atoms with van der Waals surface area (Å²) in [5, 5.41) is 3.14. The highest BCUT2D eigenvalue weighted by Gasteiger charge is 2.10. The molecule has 1 unspecified atom stereocenters. The number of nitrogens with one attached hydrogen (secondary N) is 1. The predicted octanol–water partition coefficient (Wildman–Crippen LogP) is 2.80. The van der Waals surface area contributed by atoms with Gasteiger partial charge in [0.15, 0.2) is 9.84 Å². The molecule has 1 aromatic carbocycles. The first kappa shape index (κ1) is 14.5. The third kappa shape index (κ3) is 3.54. The van der Waals surface area contributed by atoms with Crippen molar-refractivity contribution in [2.24, 2.45) is 0 Å². The van der Waals surface area contributed by atoms with E-state index in [-0.39, 0.29) is 16.8 Å². The second-order valence-electron chi connectivity index (χ2n) is 4.57. The van der Waals surface area contributed by atoms with E-state index < -0.39 is 9.84 Å². The third-order valence-electron chi connectivity index (χ3n) is 2.84. The Hall–Kier alpha value is -1.95. The van der Waals surface area contributed by atoms with Gasteiger partial charge < -0.3 is 5.32 Å². The van der Waals surface area contributed by atoms with Crippen molar-refractivity contribution >= 4 is 15.5 Å². The Bertz CT molecular complexity index is 699. The standard InChI is InChI=1S/C14H15FN2O2S/c1-10(14-7-6-11(15)9-16-14)17-12-4-3-5-13(8-12)20(2,18)19/h3-10,17H,1-2H3. The Morgan fingerprint density at radius 1 is 1.25 bits per heavy atom. The summed E-state index contributed by atoms with van der Waals surface area (Å²) in [6.45, 7) is 1.87. The van der Waals surface area contributed by atoms with Crippen LogP contribution in [0.1, 0.15) is 18.7 Å². The van der Waals surface area contributed by atoms with Crippen LogP contribution in [0, 0.1) is 5.82 Å². The molecule has 0 aliphatic rings. The van der Waals surface area contributed by atoms with Crippen LogP contribution in [0.2, 0.25) is 0 Å². The molecule has 0 amide bonds. The number of sulfone groups is 1. The number of benzene rings is 1. The molecular weight excluding hydrogens is 279 g/mol. The molecule has 106 valence electrons. The first-order valence-corrected chi connectivity index (χ1v) is 7.93. The van der Waals surface area contributed by atoms with Crippen molar-refractivity contribution in [3.8, 4) is 0 Å². The van der Waals surface area contributed by atoms with Gasteiger partial charge in [-0.2, -0.15) is 0 Å². The zero-order valence-corrected chi connectivity index (χ0v) is 12.0. The fourth-order valence-corrected chi connectivity index (χ4v) is 2.45. The van der Waals surface area contributed by atoms with Crippen LogP contribution in [0.15, 0.2) is 47.5 Å². The van der Waals surface area contributed by atoms with Crippen molar-refractivity contribution in [1.82, 2.24) is 4.98 Å². The van der Waals surface area contributed by atoms with Crippen LogP contribution in [0.25, 0.3) is 0 Å². The van der Waals surface area contributed by atoms with Gasteiger partial charge in [0, 0.05) is 11.9 Å². The molecule has 1 atom stereocenters. The molecule has 0 radical (unpaired) electrons. The van der Waals surface area contributed by atoms with Crippen LogP contribution in [0.3, 0.4) is 0 Å². The van der Waals surface area contributed by atoms with E-state index in [2.05, 4.69) is 10.3 Å². The minimum Gasteiger partial charge on any atom is -0.377 e. The maximum absolute atomic E-state index is 12.8. The van der Waals surface area contributed by atoms with Crippen molar-refractivity contribution in [2.75, 3.05) is 11.6 Å². The first-order chi connectivity index (χ1) is 9.36. The van der Waals surface area contributed by atoms with E-state index >= 15 is 0 Å². The van der Waals surface area contributed by atoms with Crippen molar-refractivity contribution in [3.05, 3.63) is 54.1 Å². The van der Waals surface area contributed by atoms with Gasteiger partial charge in [0.2, 0.25) is 0 Å². The summed E-state index contributed by atoms with van der Waals surface area (Å²) >= 11 is 0. The van der Waals surface area contributed by atoms with Crippen LogP contribution in [-0.4, -0.2) is 19.7 Å². The van der Waals surface area contributed by atoms with Gasteiger partial charge in [0.25, 0.3) is 0 Å². The smallest absolute Gasteiger partial charge is 0.175 e. The van der Waals surface area contributed by atoms with E-state index in [4.69, 9.17) is 0 Å². The molecule has 4 nitrogen and oxygen atoms in total. The van der Waals surface area contributed by atoms with Gasteiger partial charge in [-0.1, -0.05) is 6.07 Å². The van der Waals surface area contributed by atoms with E-state index in [1.165, 1.54) is 6.07 Å². The van der Waals surface area contributed by atoms with E-state index in [1.54, 1.807) is 30.3 Å². The number of anilines is 1. The summed E-state index contributed by atoms with van der Waals surface area (Å²) < 4.78 is 35.8. The number of hydrogen-bond donors (Lipinski definition) is 1. The summed E-state index contributed by atoms with van der Waals surface area (Å²) in [5.74, 6) is -0.389. The SMILES string of the molecule is CC(Nc1cccc(S(C)(=O)=O)c1)c1ccc(F)cn1. The second kappa shape index (κ2) is 5.58. The number of aromatic nitrogens is 1. The fourth-order valence-electron chi connectivity index (χ4n) is 1.78. The Balaban J connectivity index is 2.20. The Labute approximate surface area is 117 Å². The lowest BCUT2D eigenvalue weighted by Gasteiger charge is -2.15. The summed E-state index contributed by atoms with van der Waals surface area (Å²) in [7, 11) is -3.24. The van der Waals surface area contributed by atoms with Crippen molar-refractivity contribution < 1.29 is 12.8 Å². The summed E-state index contributed by atoms with van der Waals surface area (Å²) in [6, 6.07) is 9.32. The third-order valence-corrected chi connectivity index (χ3v) is 3.95. The lowest BCUT2D eigenvalue weighted by atomic mass is 10.2. The Morgan fingerprint density at radius 3 is 2.60 bits per heavy atom. The maximum atomic E-state index is 12.8. The number of rotatable bonds is 4. The summed E-state index contributed by atoms with van der Waals surface area (Å²) in [4.78, 5) is 4.24. The van der Waals surface area contributed by atoms with Gasteiger partial charge >= 0.3 is 0 Å². The Kier molecular flexibility index (Phi) is 4.04. The fraction of sp³-hybridized carbons (Fsp3) is 0.214. The quantitative estimate of drug-likeness (QED) is 0.942. The van der Waals surface area contributed by atoms with Crippen LogP contribution in [-0.2, 0) is 9.84 Å². The molecule has 1 N–H and O–H groups in total. The number of hydrogen-bond acceptors (Lipinski definition) is 4. The van der Waals surface area contributed by atoms with Crippen LogP contribution in [0.4, 0.5) is 10.1 Å². The van der Waals surface area contributed by atoms with Crippen molar-refractivity contribution in [2.45, 2.75) is 17.9 Å². The zero-order chi connectivity index (χ0) is 14.8. The highest BCUT2D eigenvalue weighted by molar-refractivity contribution is 7.90. The molecule has 1 aromatic heterocycles. The molecule has 2 rings (SSSR count). The number of nitrogens with zero attached hydrogens (tertiary/aromatic N) is 1. The maximum Gasteiger partial charge on any atom is 0.175 e. The molecule has 0 saturated carbocycles. The molecule has 0 fully saturated rings. The van der Waals surface area contributed by atoms with Gasteiger partial charge in [-0.15, -0.1) is 0 Å². The highest BCUT2D eigenvalue weighted by atomic mass is 32.2. The Morgan fingerprint density at radius 2 is 2.00 bits per heavy atom. The lowest BCUT2D eigenvalue weighted by Crippen LogP contribution is -2.09. The first-order valence-electron chi connectivity index (χ1n) is 6.04. The van der Waals surface area contributed by atoms with Gasteiger partial charge in [0.1, 0.15) is 5.82 Å². The van der Waals surface area contributed by atoms with Gasteiger partial charge in [-0.3, -0.25) is 4.98 Å². The highest BCUT2D eigenvalue weighted by Crippen LogP contribution is 2.20. The van der Waals surface area contributed by atoms with Crippen molar-refractivity contribution in [1.29, 1.82) is 0 Å². The van der Waals surface area contributed by atoms with Gasteiger partial charge in [-0.05, 0) is 37.3 Å². The summed E-state index contributed by atoms with van der Waals surface area (Å²) in [6.07, 6.45) is 2.32. The van der Waals surface area contributed by atoms with E-state index in [0.29, 0.717) is 11.4 Å². The average Bonchev–Trinajstić information content (AvgIpc) is 2.38. The molecular formula is C14H15FN2O2S. The van der Waals surface area contributed by atoms with Crippen LogP contribution < -0.4 is 5.32 Å². The molecule has 0 bridgehead atoms.